The molecule has 0 N–H and O–H groups in total. The molecule has 0 aromatic heterocycles. The van der Waals surface area contributed by atoms with Crippen molar-refractivity contribution >= 4 is 17.6 Å². The first-order valence-electron chi connectivity index (χ1n) is 10.7. The second-order valence-electron chi connectivity index (χ2n) is 8.42. The average molecular weight is 389 g/mol. The van der Waals surface area contributed by atoms with Crippen LogP contribution in [0.25, 0.3) is 0 Å². The number of esters is 1. The number of hydrogen-bond donors (Lipinski definition) is 0. The van der Waals surface area contributed by atoms with E-state index in [1.54, 1.807) is 6.08 Å². The van der Waals surface area contributed by atoms with E-state index in [9.17, 15) is 4.79 Å². The second kappa shape index (κ2) is 10.3. The van der Waals surface area contributed by atoms with Crippen LogP contribution in [0.1, 0.15) is 70.3 Å². The highest BCUT2D eigenvalue weighted by Crippen LogP contribution is 2.41. The van der Waals surface area contributed by atoms with Crippen LogP contribution in [0, 0.1) is 17.8 Å². The summed E-state index contributed by atoms with van der Waals surface area (Å²) in [6, 6.07) is 8.32. The van der Waals surface area contributed by atoms with Crippen LogP contribution in [0.15, 0.2) is 36.4 Å². The summed E-state index contributed by atoms with van der Waals surface area (Å²) >= 11 is 5.97. The van der Waals surface area contributed by atoms with E-state index in [-0.39, 0.29) is 12.1 Å². The van der Waals surface area contributed by atoms with Gasteiger partial charge in [-0.15, -0.1) is 0 Å². The Balaban J connectivity index is 1.35. The molecule has 0 unspecified atom stereocenters. The van der Waals surface area contributed by atoms with E-state index in [4.69, 9.17) is 16.3 Å². The molecule has 2 aliphatic rings. The third-order valence-electron chi connectivity index (χ3n) is 6.62. The van der Waals surface area contributed by atoms with E-state index in [0.717, 1.165) is 35.6 Å². The summed E-state index contributed by atoms with van der Waals surface area (Å²) in [4.78, 5) is 11.6. The van der Waals surface area contributed by atoms with Crippen molar-refractivity contribution in [2.75, 3.05) is 0 Å². The lowest BCUT2D eigenvalue weighted by Crippen LogP contribution is -2.29. The van der Waals surface area contributed by atoms with Gasteiger partial charge in [0.05, 0.1) is 0 Å². The molecule has 0 amide bonds. The number of rotatable bonds is 6. The SMILES string of the molecule is CC=CC(=O)OC1CCC(C2CCC(CCc3ccc(Cl)cc3)CC2)CC1. The van der Waals surface area contributed by atoms with E-state index in [2.05, 4.69) is 12.1 Å². The van der Waals surface area contributed by atoms with E-state index < -0.39 is 0 Å². The molecule has 1 aromatic rings. The Labute approximate surface area is 169 Å². The van der Waals surface area contributed by atoms with Crippen molar-refractivity contribution in [3.05, 3.63) is 47.0 Å². The van der Waals surface area contributed by atoms with Crippen molar-refractivity contribution in [1.29, 1.82) is 0 Å². The summed E-state index contributed by atoms with van der Waals surface area (Å²) in [5.74, 6) is 2.44. The summed E-state index contributed by atoms with van der Waals surface area (Å²) in [5.41, 5.74) is 1.41. The normalized spacial score (nSPS) is 29.0. The number of carbonyl (C=O) groups excluding carboxylic acids is 1. The highest BCUT2D eigenvalue weighted by Gasteiger charge is 2.31. The fourth-order valence-corrected chi connectivity index (χ4v) is 5.11. The molecule has 0 saturated heterocycles. The summed E-state index contributed by atoms with van der Waals surface area (Å²) < 4.78 is 5.53. The predicted molar refractivity (Wildman–Crippen MR) is 112 cm³/mol. The van der Waals surface area contributed by atoms with E-state index >= 15 is 0 Å². The van der Waals surface area contributed by atoms with Gasteiger partial charge in [0.15, 0.2) is 0 Å². The van der Waals surface area contributed by atoms with Crippen LogP contribution < -0.4 is 0 Å². The lowest BCUT2D eigenvalue weighted by Gasteiger charge is -2.37. The van der Waals surface area contributed by atoms with Crippen molar-refractivity contribution < 1.29 is 9.53 Å². The van der Waals surface area contributed by atoms with Crippen molar-refractivity contribution in [1.82, 2.24) is 0 Å². The minimum absolute atomic E-state index is 0.140. The summed E-state index contributed by atoms with van der Waals surface area (Å²) in [6.07, 6.45) is 16.0. The molecule has 0 spiro atoms. The molecule has 2 aliphatic carbocycles. The summed E-state index contributed by atoms with van der Waals surface area (Å²) in [5, 5.41) is 0.825. The molecule has 0 aliphatic heterocycles. The van der Waals surface area contributed by atoms with Crippen LogP contribution >= 0.6 is 11.6 Å². The number of hydrogen-bond acceptors (Lipinski definition) is 2. The number of benzene rings is 1. The zero-order chi connectivity index (χ0) is 19.1. The maximum atomic E-state index is 11.6. The first-order chi connectivity index (χ1) is 13.1. The Morgan fingerprint density at radius 3 is 2.19 bits per heavy atom. The minimum atomic E-state index is -0.179. The maximum absolute atomic E-state index is 11.6. The molecular weight excluding hydrogens is 356 g/mol. The molecule has 3 heteroatoms. The third kappa shape index (κ3) is 6.38. The molecule has 0 atom stereocenters. The topological polar surface area (TPSA) is 26.3 Å². The number of carbonyl (C=O) groups is 1. The van der Waals surface area contributed by atoms with Gasteiger partial charge in [-0.2, -0.15) is 0 Å². The molecular formula is C24H33ClO2. The van der Waals surface area contributed by atoms with Crippen molar-refractivity contribution in [3.8, 4) is 0 Å². The lowest BCUT2D eigenvalue weighted by molar-refractivity contribution is -0.145. The third-order valence-corrected chi connectivity index (χ3v) is 6.87. The van der Waals surface area contributed by atoms with Gasteiger partial charge in [0.1, 0.15) is 6.10 Å². The maximum Gasteiger partial charge on any atom is 0.330 e. The van der Waals surface area contributed by atoms with Gasteiger partial charge in [-0.05, 0) is 93.7 Å². The highest BCUT2D eigenvalue weighted by atomic mass is 35.5. The van der Waals surface area contributed by atoms with Crippen molar-refractivity contribution in [2.45, 2.75) is 77.2 Å². The van der Waals surface area contributed by atoms with Crippen molar-refractivity contribution in [2.24, 2.45) is 17.8 Å². The fraction of sp³-hybridized carbons (Fsp3) is 0.625. The van der Waals surface area contributed by atoms with Gasteiger partial charge in [0, 0.05) is 11.1 Å². The van der Waals surface area contributed by atoms with Gasteiger partial charge in [0.25, 0.3) is 0 Å². The van der Waals surface area contributed by atoms with Gasteiger partial charge < -0.3 is 4.74 Å². The highest BCUT2D eigenvalue weighted by molar-refractivity contribution is 6.30. The van der Waals surface area contributed by atoms with Crippen LogP contribution in [0.2, 0.25) is 5.02 Å². The molecule has 0 heterocycles. The van der Waals surface area contributed by atoms with Gasteiger partial charge >= 0.3 is 5.97 Å². The largest absolute Gasteiger partial charge is 0.459 e. The Hall–Kier alpha value is -1.28. The zero-order valence-electron chi connectivity index (χ0n) is 16.5. The van der Waals surface area contributed by atoms with Gasteiger partial charge in [-0.1, -0.05) is 42.7 Å². The Morgan fingerprint density at radius 2 is 1.59 bits per heavy atom. The van der Waals surface area contributed by atoms with Gasteiger partial charge in [0.2, 0.25) is 0 Å². The second-order valence-corrected chi connectivity index (χ2v) is 8.86. The van der Waals surface area contributed by atoms with E-state index in [0.29, 0.717) is 0 Å². The summed E-state index contributed by atoms with van der Waals surface area (Å²) in [6.45, 7) is 1.85. The minimum Gasteiger partial charge on any atom is -0.459 e. The van der Waals surface area contributed by atoms with Crippen LogP contribution in [0.5, 0.6) is 0 Å². The monoisotopic (exact) mass is 388 g/mol. The van der Waals surface area contributed by atoms with Crippen LogP contribution in [0.4, 0.5) is 0 Å². The van der Waals surface area contributed by atoms with Crippen LogP contribution in [-0.4, -0.2) is 12.1 Å². The molecule has 148 valence electrons. The zero-order valence-corrected chi connectivity index (χ0v) is 17.3. The van der Waals surface area contributed by atoms with E-state index in [1.807, 2.05) is 19.1 Å². The first kappa shape index (κ1) is 20.5. The van der Waals surface area contributed by atoms with E-state index in [1.165, 1.54) is 63.0 Å². The predicted octanol–water partition coefficient (Wildman–Crippen LogP) is 6.76. The first-order valence-corrected chi connectivity index (χ1v) is 11.1. The standard InChI is InChI=1S/C24H33ClO2/c1-2-3-24(26)27-23-16-12-21(13-17-23)20-10-6-18(7-11-20)4-5-19-8-14-22(25)15-9-19/h2-3,8-9,14-15,18,20-21,23H,4-7,10-13,16-17H2,1H3. The molecule has 3 rings (SSSR count). The molecule has 1 aromatic carbocycles. The average Bonchev–Trinajstić information content (AvgIpc) is 2.69. The number of ether oxygens (including phenoxy) is 1. The molecule has 0 bridgehead atoms. The molecule has 27 heavy (non-hydrogen) atoms. The fourth-order valence-electron chi connectivity index (χ4n) is 4.99. The smallest absolute Gasteiger partial charge is 0.330 e. The number of halogens is 1. The molecule has 2 saturated carbocycles. The Bertz CT molecular complexity index is 606. The Morgan fingerprint density at radius 1 is 1.00 bits per heavy atom. The quantitative estimate of drug-likeness (QED) is 0.397. The molecule has 0 radical (unpaired) electrons. The van der Waals surface area contributed by atoms with Crippen LogP contribution in [0.3, 0.4) is 0 Å². The van der Waals surface area contributed by atoms with Gasteiger partial charge in [-0.25, -0.2) is 4.79 Å². The lowest BCUT2D eigenvalue weighted by atomic mass is 9.70. The molecule has 2 nitrogen and oxygen atoms in total. The molecule has 2 fully saturated rings. The summed E-state index contributed by atoms with van der Waals surface area (Å²) in [7, 11) is 0. The number of allylic oxidation sites excluding steroid dienone is 1. The Kier molecular flexibility index (Phi) is 7.81. The van der Waals surface area contributed by atoms with Gasteiger partial charge in [-0.3, -0.25) is 0 Å². The van der Waals surface area contributed by atoms with Crippen molar-refractivity contribution in [3.63, 3.8) is 0 Å². The number of aryl methyl sites for hydroxylation is 1. The van der Waals surface area contributed by atoms with Crippen LogP contribution in [-0.2, 0) is 16.0 Å².